The minimum absolute atomic E-state index is 0.0856. The molecule has 3 rings (SSSR count). The van der Waals surface area contributed by atoms with Gasteiger partial charge in [-0.05, 0) is 43.0 Å². The van der Waals surface area contributed by atoms with Crippen molar-refractivity contribution in [3.05, 3.63) is 54.0 Å². The molecule has 1 saturated heterocycles. The van der Waals surface area contributed by atoms with Crippen molar-refractivity contribution in [3.63, 3.8) is 0 Å². The fraction of sp³-hybridized carbons (Fsp3) is 0.381. The zero-order valence-corrected chi connectivity index (χ0v) is 16.1. The Bertz CT molecular complexity index is 833. The predicted octanol–water partition coefficient (Wildman–Crippen LogP) is 3.21. The molecule has 0 unspecified atom stereocenters. The van der Waals surface area contributed by atoms with E-state index < -0.39 is 17.8 Å². The molecule has 28 heavy (non-hydrogen) atoms. The van der Waals surface area contributed by atoms with E-state index in [4.69, 9.17) is 0 Å². The molecule has 1 atom stereocenters. The molecule has 0 radical (unpaired) electrons. The van der Waals surface area contributed by atoms with E-state index in [-0.39, 0.29) is 17.4 Å². The number of nitrogens with one attached hydrogen (secondary N) is 2. The number of halogens is 1. The average Bonchev–Trinajstić information content (AvgIpc) is 3.21. The number of aromatic nitrogens is 1. The molecule has 1 fully saturated rings. The van der Waals surface area contributed by atoms with E-state index in [1.54, 1.807) is 18.3 Å². The Balaban J connectivity index is 1.66. The number of pyridine rings is 1. The molecule has 7 heteroatoms. The minimum atomic E-state index is -0.801. The van der Waals surface area contributed by atoms with Crippen LogP contribution in [0.25, 0.3) is 0 Å². The highest BCUT2D eigenvalue weighted by atomic mass is 19.1. The van der Waals surface area contributed by atoms with Gasteiger partial charge in [-0.1, -0.05) is 26.0 Å². The highest BCUT2D eigenvalue weighted by Crippen LogP contribution is 2.19. The monoisotopic (exact) mass is 384 g/mol. The maximum atomic E-state index is 13.8. The molecule has 1 aliphatic rings. The Labute approximate surface area is 164 Å². The van der Waals surface area contributed by atoms with Gasteiger partial charge in [-0.15, -0.1) is 0 Å². The molecule has 0 saturated carbocycles. The summed E-state index contributed by atoms with van der Waals surface area (Å²) in [7, 11) is 0. The van der Waals surface area contributed by atoms with Gasteiger partial charge in [0.25, 0.3) is 5.91 Å². The third kappa shape index (κ3) is 4.65. The minimum Gasteiger partial charge on any atom is -0.357 e. The third-order valence-corrected chi connectivity index (χ3v) is 4.80. The number of nitrogens with zero attached hydrogens (tertiary/aromatic N) is 2. The molecule has 148 valence electrons. The van der Waals surface area contributed by atoms with Gasteiger partial charge in [0.1, 0.15) is 17.7 Å². The highest BCUT2D eigenvalue weighted by Gasteiger charge is 2.26. The van der Waals surface area contributed by atoms with Gasteiger partial charge in [0, 0.05) is 13.1 Å². The van der Waals surface area contributed by atoms with E-state index in [2.05, 4.69) is 20.5 Å². The van der Waals surface area contributed by atoms with Gasteiger partial charge < -0.3 is 15.5 Å². The van der Waals surface area contributed by atoms with Gasteiger partial charge in [-0.2, -0.15) is 0 Å². The molecule has 2 aromatic rings. The van der Waals surface area contributed by atoms with E-state index in [1.165, 1.54) is 18.2 Å². The second-order valence-electron chi connectivity index (χ2n) is 7.26. The molecule has 2 N–H and O–H groups in total. The summed E-state index contributed by atoms with van der Waals surface area (Å²) in [5.41, 5.74) is 0.469. The van der Waals surface area contributed by atoms with Crippen LogP contribution in [0.5, 0.6) is 0 Å². The summed E-state index contributed by atoms with van der Waals surface area (Å²) in [6.45, 7) is 5.63. The van der Waals surface area contributed by atoms with Crippen molar-refractivity contribution in [2.75, 3.05) is 23.3 Å². The van der Waals surface area contributed by atoms with Crippen molar-refractivity contribution >= 4 is 23.3 Å². The molecule has 1 aliphatic heterocycles. The van der Waals surface area contributed by atoms with Crippen LogP contribution >= 0.6 is 0 Å². The standard InChI is InChI=1S/C21H25FN4O2/c1-14(2)19(25-20(27)16-7-3-4-8-17(16)22)21(28)24-15-9-10-18(23-13-15)26-11-5-6-12-26/h3-4,7-10,13-14,19H,5-6,11-12H2,1-2H3,(H,24,28)(H,25,27)/t19-/m1/s1. The van der Waals surface area contributed by atoms with Gasteiger partial charge >= 0.3 is 0 Å². The lowest BCUT2D eigenvalue weighted by Gasteiger charge is -2.22. The van der Waals surface area contributed by atoms with Crippen LogP contribution in [0, 0.1) is 11.7 Å². The Morgan fingerprint density at radius 3 is 2.43 bits per heavy atom. The second-order valence-corrected chi connectivity index (χ2v) is 7.26. The van der Waals surface area contributed by atoms with Crippen molar-refractivity contribution < 1.29 is 14.0 Å². The summed E-state index contributed by atoms with van der Waals surface area (Å²) >= 11 is 0. The van der Waals surface area contributed by atoms with Gasteiger partial charge in [0.2, 0.25) is 5.91 Å². The van der Waals surface area contributed by atoms with Crippen molar-refractivity contribution in [1.82, 2.24) is 10.3 Å². The van der Waals surface area contributed by atoms with Crippen LogP contribution in [-0.4, -0.2) is 35.9 Å². The Hall–Kier alpha value is -2.96. The molecule has 6 nitrogen and oxygen atoms in total. The predicted molar refractivity (Wildman–Crippen MR) is 107 cm³/mol. The summed E-state index contributed by atoms with van der Waals surface area (Å²) < 4.78 is 13.8. The fourth-order valence-electron chi connectivity index (χ4n) is 3.21. The Morgan fingerprint density at radius 2 is 1.82 bits per heavy atom. The first-order valence-electron chi connectivity index (χ1n) is 9.53. The van der Waals surface area contributed by atoms with E-state index in [1.807, 2.05) is 19.9 Å². The van der Waals surface area contributed by atoms with Gasteiger partial charge in [0.15, 0.2) is 0 Å². The zero-order chi connectivity index (χ0) is 20.1. The van der Waals surface area contributed by atoms with E-state index in [9.17, 15) is 14.0 Å². The molecule has 2 amide bonds. The number of carbonyl (C=O) groups is 2. The fourth-order valence-corrected chi connectivity index (χ4v) is 3.21. The van der Waals surface area contributed by atoms with Crippen LogP contribution in [0.4, 0.5) is 15.9 Å². The first-order valence-corrected chi connectivity index (χ1v) is 9.53. The number of anilines is 2. The lowest BCUT2D eigenvalue weighted by Crippen LogP contribution is -2.47. The number of carbonyl (C=O) groups excluding carboxylic acids is 2. The van der Waals surface area contributed by atoms with E-state index >= 15 is 0 Å². The summed E-state index contributed by atoms with van der Waals surface area (Å²) in [6, 6.07) is 8.57. The van der Waals surface area contributed by atoms with Crippen molar-refractivity contribution in [1.29, 1.82) is 0 Å². The number of hydrogen-bond donors (Lipinski definition) is 2. The lowest BCUT2D eigenvalue weighted by molar-refractivity contribution is -0.118. The van der Waals surface area contributed by atoms with Crippen LogP contribution in [0.15, 0.2) is 42.6 Å². The number of benzene rings is 1. The summed E-state index contributed by atoms with van der Waals surface area (Å²) in [6.07, 6.45) is 3.94. The van der Waals surface area contributed by atoms with Crippen LogP contribution in [0.3, 0.4) is 0 Å². The summed E-state index contributed by atoms with van der Waals surface area (Å²) in [4.78, 5) is 31.7. The van der Waals surface area contributed by atoms with Crippen LogP contribution < -0.4 is 15.5 Å². The molecular formula is C21H25FN4O2. The smallest absolute Gasteiger partial charge is 0.254 e. The first-order chi connectivity index (χ1) is 13.5. The Kier molecular flexibility index (Phi) is 6.23. The molecular weight excluding hydrogens is 359 g/mol. The normalized spacial score (nSPS) is 14.8. The molecule has 0 aliphatic carbocycles. The van der Waals surface area contributed by atoms with E-state index in [0.29, 0.717) is 5.69 Å². The van der Waals surface area contributed by atoms with Crippen molar-refractivity contribution in [2.45, 2.75) is 32.7 Å². The van der Waals surface area contributed by atoms with Crippen molar-refractivity contribution in [3.8, 4) is 0 Å². The highest BCUT2D eigenvalue weighted by molar-refractivity contribution is 6.01. The number of rotatable bonds is 6. The first kappa shape index (κ1) is 19.8. The van der Waals surface area contributed by atoms with Crippen LogP contribution in [-0.2, 0) is 4.79 Å². The number of amides is 2. The van der Waals surface area contributed by atoms with Crippen molar-refractivity contribution in [2.24, 2.45) is 5.92 Å². The summed E-state index contributed by atoms with van der Waals surface area (Å²) in [5, 5.41) is 5.41. The van der Waals surface area contributed by atoms with E-state index in [0.717, 1.165) is 31.7 Å². The van der Waals surface area contributed by atoms with Crippen LogP contribution in [0.2, 0.25) is 0 Å². The third-order valence-electron chi connectivity index (χ3n) is 4.80. The average molecular weight is 384 g/mol. The molecule has 2 heterocycles. The Morgan fingerprint density at radius 1 is 1.11 bits per heavy atom. The molecule has 0 spiro atoms. The second kappa shape index (κ2) is 8.82. The molecule has 1 aromatic heterocycles. The number of hydrogen-bond acceptors (Lipinski definition) is 4. The topological polar surface area (TPSA) is 74.3 Å². The molecule has 1 aromatic carbocycles. The largest absolute Gasteiger partial charge is 0.357 e. The zero-order valence-electron chi connectivity index (χ0n) is 16.1. The SMILES string of the molecule is CC(C)[C@@H](NC(=O)c1ccccc1F)C(=O)Nc1ccc(N2CCCC2)nc1. The van der Waals surface area contributed by atoms with Gasteiger partial charge in [-0.3, -0.25) is 9.59 Å². The quantitative estimate of drug-likeness (QED) is 0.802. The molecule has 0 bridgehead atoms. The lowest BCUT2D eigenvalue weighted by atomic mass is 10.0. The summed E-state index contributed by atoms with van der Waals surface area (Å²) in [5.74, 6) is -0.884. The van der Waals surface area contributed by atoms with Gasteiger partial charge in [0.05, 0.1) is 17.4 Å². The van der Waals surface area contributed by atoms with Crippen LogP contribution in [0.1, 0.15) is 37.0 Å². The maximum Gasteiger partial charge on any atom is 0.254 e. The maximum absolute atomic E-state index is 13.8. The van der Waals surface area contributed by atoms with Gasteiger partial charge in [-0.25, -0.2) is 9.37 Å².